The Kier molecular flexibility index (Phi) is 9.47. The third-order valence-electron chi connectivity index (χ3n) is 8.41. The number of alkyl halides is 6. The molecule has 1 fully saturated rings. The molecule has 0 aromatic heterocycles. The Morgan fingerprint density at radius 2 is 1.71 bits per heavy atom. The second-order valence-electron chi connectivity index (χ2n) is 11.6. The first-order valence-corrected chi connectivity index (χ1v) is 14.7. The minimum absolute atomic E-state index is 0.00358. The molecule has 5 rings (SSSR count). The Bertz CT molecular complexity index is 1420. The van der Waals surface area contributed by atoms with Gasteiger partial charge in [0.25, 0.3) is 0 Å². The van der Waals surface area contributed by atoms with Crippen LogP contribution in [0.15, 0.2) is 53.5 Å². The van der Waals surface area contributed by atoms with Crippen molar-refractivity contribution in [3.63, 3.8) is 0 Å². The number of amides is 1. The molecule has 244 valence electrons. The molecule has 0 spiro atoms. The Balaban J connectivity index is 1.57. The number of nitrogens with zero attached hydrogens (tertiary/aromatic N) is 3. The maximum absolute atomic E-state index is 13.7. The number of hydrogen-bond acceptors (Lipinski definition) is 7. The maximum Gasteiger partial charge on any atom is 0.416 e. The summed E-state index contributed by atoms with van der Waals surface area (Å²) in [6.45, 7) is 4.82. The van der Waals surface area contributed by atoms with Crippen LogP contribution in [0.25, 0.3) is 5.70 Å². The Morgan fingerprint density at radius 3 is 2.31 bits per heavy atom. The molecular weight excluding hydrogens is 604 g/mol. The van der Waals surface area contributed by atoms with E-state index in [0.29, 0.717) is 49.3 Å². The predicted octanol–water partition coefficient (Wildman–Crippen LogP) is 5.21. The normalized spacial score (nSPS) is 23.7. The van der Waals surface area contributed by atoms with E-state index in [9.17, 15) is 36.3 Å². The number of benzene rings is 2. The summed E-state index contributed by atoms with van der Waals surface area (Å²) in [6.07, 6.45) is -8.05. The molecule has 1 amide bonds. The fraction of sp³-hybridized carbons (Fsp3) is 0.484. The first-order valence-electron chi connectivity index (χ1n) is 14.7. The topological polar surface area (TPSA) is 89.4 Å². The summed E-state index contributed by atoms with van der Waals surface area (Å²) < 4.78 is 88.7. The smallest absolute Gasteiger partial charge is 0.416 e. The van der Waals surface area contributed by atoms with Crippen molar-refractivity contribution in [3.8, 4) is 0 Å². The molecule has 0 radical (unpaired) electrons. The number of piperidine rings is 1. The molecule has 14 heteroatoms. The number of fused-ring (bicyclic) bond motifs is 1. The highest BCUT2D eigenvalue weighted by atomic mass is 19.4. The number of hydrogen-bond donors (Lipinski definition) is 3. The van der Waals surface area contributed by atoms with Gasteiger partial charge in [0, 0.05) is 38.2 Å². The molecular formula is C31H35F6N5O3. The minimum Gasteiger partial charge on any atom is -0.458 e. The number of halogens is 6. The van der Waals surface area contributed by atoms with Crippen molar-refractivity contribution < 1.29 is 41.1 Å². The fourth-order valence-corrected chi connectivity index (χ4v) is 6.15. The van der Waals surface area contributed by atoms with Crippen LogP contribution in [0.5, 0.6) is 0 Å². The Hall–Kier alpha value is -3.62. The SMILES string of the molecule is CC(=O)NC1CCN(C2C=C(c3ccccc3C)N(O)C(Cc3cc(C(F)(F)F)cc(C(F)(F)F)c3)C3CNCN=C3O2)CC1. The summed E-state index contributed by atoms with van der Waals surface area (Å²) in [5, 5.41) is 18.9. The van der Waals surface area contributed by atoms with Crippen molar-refractivity contribution >= 4 is 17.5 Å². The molecule has 2 aromatic carbocycles. The molecule has 3 heterocycles. The summed E-state index contributed by atoms with van der Waals surface area (Å²) in [7, 11) is 0. The van der Waals surface area contributed by atoms with Crippen LogP contribution in [-0.2, 0) is 28.3 Å². The van der Waals surface area contributed by atoms with Gasteiger partial charge in [-0.25, -0.2) is 4.99 Å². The summed E-state index contributed by atoms with van der Waals surface area (Å²) in [6, 6.07) is 7.64. The highest BCUT2D eigenvalue weighted by molar-refractivity contribution is 5.82. The number of likely N-dealkylation sites (tertiary alicyclic amines) is 1. The van der Waals surface area contributed by atoms with Crippen molar-refractivity contribution in [3.05, 3.63) is 76.4 Å². The highest BCUT2D eigenvalue weighted by Crippen LogP contribution is 2.38. The molecule has 3 aliphatic heterocycles. The van der Waals surface area contributed by atoms with Crippen LogP contribution in [-0.4, -0.2) is 71.6 Å². The average Bonchev–Trinajstić information content (AvgIpc) is 2.97. The molecule has 0 saturated carbocycles. The lowest BCUT2D eigenvalue weighted by atomic mass is 9.88. The second kappa shape index (κ2) is 13.0. The Labute approximate surface area is 256 Å². The summed E-state index contributed by atoms with van der Waals surface area (Å²) in [4.78, 5) is 18.1. The second-order valence-corrected chi connectivity index (χ2v) is 11.6. The van der Waals surface area contributed by atoms with E-state index in [1.165, 1.54) is 6.92 Å². The number of aliphatic imine (C=N–C) groups is 1. The quantitative estimate of drug-likeness (QED) is 0.390. The standard InChI is InChI=1S/C31H35F6N5O3/c1-18-5-3-4-6-24(18)27-15-28(41-9-7-23(8-10-41)40-19(2)43)45-29-25(16-38-17-39-29)26(42(27)44)13-20-11-21(30(32,33)34)14-22(12-20)31(35,36)37/h3-6,11-12,14-15,23,25-26,28,38,44H,7-10,13,16-17H2,1-2H3,(H,40,43). The van der Waals surface area contributed by atoms with Gasteiger partial charge in [0.2, 0.25) is 5.91 Å². The molecule has 3 aliphatic rings. The fourth-order valence-electron chi connectivity index (χ4n) is 6.15. The van der Waals surface area contributed by atoms with Crippen molar-refractivity contribution in [2.75, 3.05) is 26.3 Å². The summed E-state index contributed by atoms with van der Waals surface area (Å²) in [5.74, 6) is -0.593. The zero-order valence-electron chi connectivity index (χ0n) is 24.8. The number of carbonyl (C=O) groups excluding carboxylic acids is 1. The minimum atomic E-state index is -5.01. The molecule has 0 aliphatic carbocycles. The third kappa shape index (κ3) is 7.61. The van der Waals surface area contributed by atoms with Gasteiger partial charge in [0.05, 0.1) is 35.5 Å². The van der Waals surface area contributed by atoms with E-state index < -0.39 is 41.7 Å². The van der Waals surface area contributed by atoms with Crippen LogP contribution in [0.4, 0.5) is 26.3 Å². The predicted molar refractivity (Wildman–Crippen MR) is 154 cm³/mol. The lowest BCUT2D eigenvalue weighted by Crippen LogP contribution is -2.54. The van der Waals surface area contributed by atoms with Crippen molar-refractivity contribution in [2.45, 2.75) is 63.8 Å². The number of hydroxylamine groups is 2. The van der Waals surface area contributed by atoms with Crippen LogP contribution in [0.2, 0.25) is 0 Å². The third-order valence-corrected chi connectivity index (χ3v) is 8.41. The largest absolute Gasteiger partial charge is 0.458 e. The molecule has 45 heavy (non-hydrogen) atoms. The van der Waals surface area contributed by atoms with Crippen molar-refractivity contribution in [1.82, 2.24) is 20.6 Å². The molecule has 3 unspecified atom stereocenters. The molecule has 3 atom stereocenters. The van der Waals surface area contributed by atoms with E-state index in [0.717, 1.165) is 10.6 Å². The van der Waals surface area contributed by atoms with Crippen LogP contribution in [0.1, 0.15) is 47.6 Å². The van der Waals surface area contributed by atoms with Gasteiger partial charge in [-0.3, -0.25) is 25.3 Å². The maximum atomic E-state index is 13.7. The first-order chi connectivity index (χ1) is 21.2. The molecule has 8 nitrogen and oxygen atoms in total. The first kappa shape index (κ1) is 32.8. The number of nitrogens with one attached hydrogen (secondary N) is 2. The zero-order chi connectivity index (χ0) is 32.5. The molecule has 0 bridgehead atoms. The highest BCUT2D eigenvalue weighted by Gasteiger charge is 2.42. The molecule has 2 aromatic rings. The summed E-state index contributed by atoms with van der Waals surface area (Å²) >= 11 is 0. The van der Waals surface area contributed by atoms with E-state index in [-0.39, 0.29) is 49.1 Å². The lowest BCUT2D eigenvalue weighted by molar-refractivity contribution is -0.143. The van der Waals surface area contributed by atoms with E-state index >= 15 is 0 Å². The molecule has 3 N–H and O–H groups in total. The van der Waals surface area contributed by atoms with Gasteiger partial charge in [-0.05, 0) is 61.6 Å². The lowest BCUT2D eigenvalue weighted by Gasteiger charge is -2.43. The summed E-state index contributed by atoms with van der Waals surface area (Å²) in [5.41, 5.74) is -1.37. The van der Waals surface area contributed by atoms with Gasteiger partial charge in [0.1, 0.15) is 0 Å². The monoisotopic (exact) mass is 639 g/mol. The van der Waals surface area contributed by atoms with Gasteiger partial charge in [-0.15, -0.1) is 0 Å². The van der Waals surface area contributed by atoms with Crippen molar-refractivity contribution in [2.24, 2.45) is 10.9 Å². The Morgan fingerprint density at radius 1 is 1.07 bits per heavy atom. The molecule has 1 saturated heterocycles. The van der Waals surface area contributed by atoms with Crippen molar-refractivity contribution in [1.29, 1.82) is 0 Å². The van der Waals surface area contributed by atoms with Gasteiger partial charge in [0.15, 0.2) is 12.1 Å². The average molecular weight is 640 g/mol. The number of aryl methyl sites for hydroxylation is 1. The number of carbonyl (C=O) groups is 1. The number of rotatable bonds is 5. The van der Waals surface area contributed by atoms with E-state index in [2.05, 4.69) is 20.5 Å². The van der Waals surface area contributed by atoms with E-state index in [1.807, 2.05) is 19.1 Å². The van der Waals surface area contributed by atoms with E-state index in [4.69, 9.17) is 4.74 Å². The van der Waals surface area contributed by atoms with Gasteiger partial charge < -0.3 is 10.1 Å². The van der Waals surface area contributed by atoms with Gasteiger partial charge in [-0.1, -0.05) is 24.3 Å². The van der Waals surface area contributed by atoms with Crippen LogP contribution < -0.4 is 10.6 Å². The van der Waals surface area contributed by atoms with Crippen LogP contribution in [0.3, 0.4) is 0 Å². The number of ether oxygens (including phenoxy) is 1. The van der Waals surface area contributed by atoms with Gasteiger partial charge in [-0.2, -0.15) is 26.3 Å². The van der Waals surface area contributed by atoms with Crippen LogP contribution >= 0.6 is 0 Å². The van der Waals surface area contributed by atoms with Gasteiger partial charge >= 0.3 is 12.4 Å². The van der Waals surface area contributed by atoms with E-state index in [1.54, 1.807) is 18.2 Å². The zero-order valence-corrected chi connectivity index (χ0v) is 24.8. The van der Waals surface area contributed by atoms with Crippen LogP contribution in [0, 0.1) is 12.8 Å².